The summed E-state index contributed by atoms with van der Waals surface area (Å²) in [5.74, 6) is -0.287. The Hall–Kier alpha value is -1.85. The first-order valence-electron chi connectivity index (χ1n) is 7.85. The SMILES string of the molecule is Cc1ccc(Cl)c(OC(=O)C2CCCN(C(=O)c3cccs3)C2)c1. The minimum absolute atomic E-state index is 0.0175. The van der Waals surface area contributed by atoms with Crippen molar-refractivity contribution in [3.63, 3.8) is 0 Å². The fourth-order valence-corrected chi connectivity index (χ4v) is 3.64. The number of likely N-dealkylation sites (tertiary alicyclic amines) is 1. The third kappa shape index (κ3) is 3.79. The predicted octanol–water partition coefficient (Wildman–Crippen LogP) is 4.17. The van der Waals surface area contributed by atoms with Gasteiger partial charge in [-0.1, -0.05) is 23.7 Å². The fourth-order valence-electron chi connectivity index (χ4n) is 2.79. The Balaban J connectivity index is 1.67. The summed E-state index contributed by atoms with van der Waals surface area (Å²) in [5.41, 5.74) is 0.973. The number of halogens is 1. The summed E-state index contributed by atoms with van der Waals surface area (Å²) in [6.45, 7) is 2.97. The van der Waals surface area contributed by atoms with Crippen LogP contribution in [0.2, 0.25) is 5.02 Å². The Labute approximate surface area is 150 Å². The summed E-state index contributed by atoms with van der Waals surface area (Å²) >= 11 is 7.50. The highest BCUT2D eigenvalue weighted by molar-refractivity contribution is 7.12. The average Bonchev–Trinajstić information content (AvgIpc) is 3.12. The van der Waals surface area contributed by atoms with E-state index in [1.807, 2.05) is 24.4 Å². The number of amides is 1. The minimum atomic E-state index is -0.328. The Bertz CT molecular complexity index is 745. The lowest BCUT2D eigenvalue weighted by molar-refractivity contribution is -0.140. The van der Waals surface area contributed by atoms with Gasteiger partial charge in [0.05, 0.1) is 15.8 Å². The van der Waals surface area contributed by atoms with Crippen LogP contribution in [-0.2, 0) is 4.79 Å². The molecule has 126 valence electrons. The standard InChI is InChI=1S/C18H18ClNO3S/c1-12-6-7-14(19)15(10-12)23-18(22)13-4-2-8-20(11-13)17(21)16-5-3-9-24-16/h3,5-7,9-10,13H,2,4,8,11H2,1H3. The summed E-state index contributed by atoms with van der Waals surface area (Å²) in [6.07, 6.45) is 1.51. The maximum Gasteiger partial charge on any atom is 0.316 e. The van der Waals surface area contributed by atoms with Gasteiger partial charge in [-0.05, 0) is 48.9 Å². The first kappa shape index (κ1) is 17.0. The number of esters is 1. The lowest BCUT2D eigenvalue weighted by atomic mass is 9.98. The van der Waals surface area contributed by atoms with Crippen molar-refractivity contribution in [3.05, 3.63) is 51.2 Å². The average molecular weight is 364 g/mol. The molecule has 1 unspecified atom stereocenters. The van der Waals surface area contributed by atoms with Gasteiger partial charge in [0.15, 0.2) is 0 Å². The van der Waals surface area contributed by atoms with Gasteiger partial charge in [-0.3, -0.25) is 9.59 Å². The number of rotatable bonds is 3. The molecule has 1 aliphatic heterocycles. The number of carbonyl (C=O) groups is 2. The van der Waals surface area contributed by atoms with Gasteiger partial charge in [0.25, 0.3) is 5.91 Å². The number of piperidine rings is 1. The van der Waals surface area contributed by atoms with Crippen molar-refractivity contribution >= 4 is 34.8 Å². The highest BCUT2D eigenvalue weighted by Crippen LogP contribution is 2.28. The number of nitrogens with zero attached hydrogens (tertiary/aromatic N) is 1. The van der Waals surface area contributed by atoms with Crippen molar-refractivity contribution in [1.82, 2.24) is 4.90 Å². The van der Waals surface area contributed by atoms with Crippen LogP contribution in [0.1, 0.15) is 28.1 Å². The number of ether oxygens (including phenoxy) is 1. The van der Waals surface area contributed by atoms with Gasteiger partial charge in [-0.2, -0.15) is 0 Å². The molecular formula is C18H18ClNO3S. The number of aryl methyl sites for hydroxylation is 1. The summed E-state index contributed by atoms with van der Waals surface area (Å²) in [6, 6.07) is 8.99. The van der Waals surface area contributed by atoms with Crippen molar-refractivity contribution < 1.29 is 14.3 Å². The van der Waals surface area contributed by atoms with Crippen LogP contribution in [0.5, 0.6) is 5.75 Å². The topological polar surface area (TPSA) is 46.6 Å². The van der Waals surface area contributed by atoms with Gasteiger partial charge >= 0.3 is 5.97 Å². The molecule has 0 saturated carbocycles. The van der Waals surface area contributed by atoms with Gasteiger partial charge < -0.3 is 9.64 Å². The maximum absolute atomic E-state index is 12.5. The van der Waals surface area contributed by atoms with Crippen LogP contribution in [-0.4, -0.2) is 29.9 Å². The lowest BCUT2D eigenvalue weighted by Gasteiger charge is -2.31. The van der Waals surface area contributed by atoms with Gasteiger partial charge in [0.1, 0.15) is 5.75 Å². The van der Waals surface area contributed by atoms with E-state index in [4.69, 9.17) is 16.3 Å². The number of benzene rings is 1. The van der Waals surface area contributed by atoms with Crippen LogP contribution in [0.25, 0.3) is 0 Å². The molecule has 1 aromatic heterocycles. The Morgan fingerprint density at radius 2 is 2.17 bits per heavy atom. The van der Waals surface area contributed by atoms with E-state index >= 15 is 0 Å². The molecule has 2 heterocycles. The van der Waals surface area contributed by atoms with Crippen LogP contribution < -0.4 is 4.74 Å². The molecule has 1 amide bonds. The second-order valence-corrected chi connectivity index (χ2v) is 7.28. The Morgan fingerprint density at radius 3 is 2.92 bits per heavy atom. The quantitative estimate of drug-likeness (QED) is 0.607. The first-order chi connectivity index (χ1) is 11.5. The number of hydrogen-bond acceptors (Lipinski definition) is 4. The molecule has 0 bridgehead atoms. The number of hydrogen-bond donors (Lipinski definition) is 0. The van der Waals surface area contributed by atoms with E-state index < -0.39 is 0 Å². The molecule has 1 aromatic carbocycles. The van der Waals surface area contributed by atoms with Crippen LogP contribution >= 0.6 is 22.9 Å². The second-order valence-electron chi connectivity index (χ2n) is 5.92. The molecule has 0 radical (unpaired) electrons. The Morgan fingerprint density at radius 1 is 1.33 bits per heavy atom. The van der Waals surface area contributed by atoms with Crippen molar-refractivity contribution in [2.75, 3.05) is 13.1 Å². The molecular weight excluding hydrogens is 346 g/mol. The van der Waals surface area contributed by atoms with Gasteiger partial charge in [0.2, 0.25) is 0 Å². The molecule has 6 heteroatoms. The second kappa shape index (κ2) is 7.36. The molecule has 0 N–H and O–H groups in total. The zero-order valence-electron chi connectivity index (χ0n) is 13.3. The predicted molar refractivity (Wildman–Crippen MR) is 94.8 cm³/mol. The number of carbonyl (C=O) groups excluding carboxylic acids is 2. The highest BCUT2D eigenvalue weighted by Gasteiger charge is 2.30. The van der Waals surface area contributed by atoms with E-state index in [1.165, 1.54) is 11.3 Å². The third-order valence-electron chi connectivity index (χ3n) is 4.07. The Kier molecular flexibility index (Phi) is 5.21. The van der Waals surface area contributed by atoms with E-state index in [9.17, 15) is 9.59 Å². The van der Waals surface area contributed by atoms with Gasteiger partial charge in [0, 0.05) is 13.1 Å². The molecule has 0 spiro atoms. The summed E-state index contributed by atoms with van der Waals surface area (Å²) in [4.78, 5) is 27.4. The van der Waals surface area contributed by atoms with Crippen molar-refractivity contribution in [2.24, 2.45) is 5.92 Å². The van der Waals surface area contributed by atoms with Gasteiger partial charge in [-0.15, -0.1) is 11.3 Å². The van der Waals surface area contributed by atoms with E-state index in [0.29, 0.717) is 28.7 Å². The van der Waals surface area contributed by atoms with Crippen molar-refractivity contribution in [1.29, 1.82) is 0 Å². The van der Waals surface area contributed by atoms with Crippen molar-refractivity contribution in [2.45, 2.75) is 19.8 Å². The maximum atomic E-state index is 12.5. The van der Waals surface area contributed by atoms with E-state index in [-0.39, 0.29) is 17.8 Å². The zero-order chi connectivity index (χ0) is 17.1. The van der Waals surface area contributed by atoms with E-state index in [1.54, 1.807) is 23.1 Å². The lowest BCUT2D eigenvalue weighted by Crippen LogP contribution is -2.43. The molecule has 1 atom stereocenters. The van der Waals surface area contributed by atoms with Crippen molar-refractivity contribution in [3.8, 4) is 5.75 Å². The minimum Gasteiger partial charge on any atom is -0.425 e. The molecule has 1 fully saturated rings. The number of thiophene rings is 1. The normalized spacial score (nSPS) is 17.6. The summed E-state index contributed by atoms with van der Waals surface area (Å²) in [5, 5.41) is 2.29. The first-order valence-corrected chi connectivity index (χ1v) is 9.11. The van der Waals surface area contributed by atoms with Crippen LogP contribution in [0, 0.1) is 12.8 Å². The van der Waals surface area contributed by atoms with Crippen LogP contribution in [0.4, 0.5) is 0 Å². The molecule has 2 aromatic rings. The van der Waals surface area contributed by atoms with E-state index in [2.05, 4.69) is 0 Å². The van der Waals surface area contributed by atoms with Gasteiger partial charge in [-0.25, -0.2) is 0 Å². The molecule has 0 aliphatic carbocycles. The molecule has 3 rings (SSSR count). The molecule has 1 aliphatic rings. The summed E-state index contributed by atoms with van der Waals surface area (Å²) in [7, 11) is 0. The van der Waals surface area contributed by atoms with Crippen LogP contribution in [0.15, 0.2) is 35.7 Å². The fraction of sp³-hybridized carbons (Fsp3) is 0.333. The third-order valence-corrected chi connectivity index (χ3v) is 5.24. The molecule has 1 saturated heterocycles. The highest BCUT2D eigenvalue weighted by atomic mass is 35.5. The zero-order valence-corrected chi connectivity index (χ0v) is 14.9. The summed E-state index contributed by atoms with van der Waals surface area (Å²) < 4.78 is 5.48. The smallest absolute Gasteiger partial charge is 0.316 e. The molecule has 4 nitrogen and oxygen atoms in total. The molecule has 24 heavy (non-hydrogen) atoms. The monoisotopic (exact) mass is 363 g/mol. The van der Waals surface area contributed by atoms with E-state index in [0.717, 1.165) is 18.4 Å². The van der Waals surface area contributed by atoms with Crippen LogP contribution in [0.3, 0.4) is 0 Å². The largest absolute Gasteiger partial charge is 0.425 e.